The average Bonchev–Trinajstić information content (AvgIpc) is 2.72. The van der Waals surface area contributed by atoms with Crippen molar-refractivity contribution in [3.8, 4) is 0 Å². The highest BCUT2D eigenvalue weighted by Crippen LogP contribution is 2.15. The smallest absolute Gasteiger partial charge is 0.123 e. The van der Waals surface area contributed by atoms with Crippen LogP contribution in [0.5, 0.6) is 0 Å². The zero-order chi connectivity index (χ0) is 12.1. The fourth-order valence-corrected chi connectivity index (χ4v) is 2.12. The summed E-state index contributed by atoms with van der Waals surface area (Å²) in [6.45, 7) is 7.30. The van der Waals surface area contributed by atoms with E-state index in [0.717, 1.165) is 31.0 Å². The maximum atomic E-state index is 4.68. The minimum atomic E-state index is 0.864. The fourth-order valence-electron chi connectivity index (χ4n) is 2.12. The molecule has 0 aliphatic rings. The van der Waals surface area contributed by atoms with Crippen molar-refractivity contribution in [1.82, 2.24) is 14.9 Å². The van der Waals surface area contributed by atoms with Gasteiger partial charge in [-0.1, -0.05) is 25.5 Å². The number of hydrogen-bond acceptors (Lipinski definition) is 2. The summed E-state index contributed by atoms with van der Waals surface area (Å²) in [6, 6.07) is 8.34. The van der Waals surface area contributed by atoms with Crippen LogP contribution in [-0.2, 0) is 13.1 Å². The fraction of sp³-hybridized carbons (Fsp3) is 0.500. The van der Waals surface area contributed by atoms with Crippen LogP contribution in [0.1, 0.15) is 32.5 Å². The summed E-state index contributed by atoms with van der Waals surface area (Å²) in [5.41, 5.74) is 2.34. The lowest BCUT2D eigenvalue weighted by atomic mass is 10.3. The first-order chi connectivity index (χ1) is 8.36. The summed E-state index contributed by atoms with van der Waals surface area (Å²) < 4.78 is 2.29. The SMILES string of the molecule is CCCCNCc1nc2ccccc2n1CC. The summed E-state index contributed by atoms with van der Waals surface area (Å²) in [6.07, 6.45) is 2.46. The molecule has 0 spiro atoms. The van der Waals surface area contributed by atoms with E-state index in [9.17, 15) is 0 Å². The summed E-state index contributed by atoms with van der Waals surface area (Å²) in [5, 5.41) is 3.45. The number of fused-ring (bicyclic) bond motifs is 1. The Labute approximate surface area is 103 Å². The molecule has 0 amide bonds. The second kappa shape index (κ2) is 5.82. The Kier molecular flexibility index (Phi) is 4.15. The number of aromatic nitrogens is 2. The third-order valence-corrected chi connectivity index (χ3v) is 3.04. The molecule has 0 atom stereocenters. The van der Waals surface area contributed by atoms with Crippen LogP contribution in [0.25, 0.3) is 11.0 Å². The molecular weight excluding hydrogens is 210 g/mol. The van der Waals surface area contributed by atoms with E-state index in [1.807, 2.05) is 6.07 Å². The Morgan fingerprint density at radius 3 is 2.82 bits per heavy atom. The highest BCUT2D eigenvalue weighted by atomic mass is 15.1. The Morgan fingerprint density at radius 2 is 2.06 bits per heavy atom. The van der Waals surface area contributed by atoms with Crippen molar-refractivity contribution in [3.63, 3.8) is 0 Å². The molecule has 1 N–H and O–H groups in total. The number of nitrogens with one attached hydrogen (secondary N) is 1. The van der Waals surface area contributed by atoms with Crippen molar-refractivity contribution in [3.05, 3.63) is 30.1 Å². The molecule has 0 bridgehead atoms. The molecule has 0 unspecified atom stereocenters. The predicted molar refractivity (Wildman–Crippen MR) is 72.0 cm³/mol. The van der Waals surface area contributed by atoms with Gasteiger partial charge in [-0.15, -0.1) is 0 Å². The molecule has 2 aromatic rings. The molecule has 17 heavy (non-hydrogen) atoms. The molecule has 0 saturated carbocycles. The topological polar surface area (TPSA) is 29.9 Å². The summed E-state index contributed by atoms with van der Waals surface area (Å²) >= 11 is 0. The van der Waals surface area contributed by atoms with Gasteiger partial charge in [-0.25, -0.2) is 4.98 Å². The molecule has 3 nitrogen and oxygen atoms in total. The zero-order valence-electron chi connectivity index (χ0n) is 10.7. The first-order valence-electron chi connectivity index (χ1n) is 6.51. The van der Waals surface area contributed by atoms with Crippen molar-refractivity contribution in [2.24, 2.45) is 0 Å². The molecule has 2 rings (SSSR count). The lowest BCUT2D eigenvalue weighted by Gasteiger charge is -2.06. The first kappa shape index (κ1) is 12.1. The van der Waals surface area contributed by atoms with Gasteiger partial charge in [-0.2, -0.15) is 0 Å². The van der Waals surface area contributed by atoms with E-state index >= 15 is 0 Å². The van der Waals surface area contributed by atoms with Gasteiger partial charge in [0, 0.05) is 6.54 Å². The number of rotatable bonds is 6. The Morgan fingerprint density at radius 1 is 1.24 bits per heavy atom. The van der Waals surface area contributed by atoms with Crippen LogP contribution < -0.4 is 5.32 Å². The molecule has 1 heterocycles. The van der Waals surface area contributed by atoms with Gasteiger partial charge in [0.1, 0.15) is 5.82 Å². The first-order valence-corrected chi connectivity index (χ1v) is 6.51. The number of nitrogens with zero attached hydrogens (tertiary/aromatic N) is 2. The second-order valence-electron chi connectivity index (χ2n) is 4.29. The lowest BCUT2D eigenvalue weighted by Crippen LogP contribution is -2.17. The Balaban J connectivity index is 2.15. The molecule has 92 valence electrons. The van der Waals surface area contributed by atoms with Crippen LogP contribution in [0.15, 0.2) is 24.3 Å². The van der Waals surface area contributed by atoms with Gasteiger partial charge in [-0.05, 0) is 32.0 Å². The molecule has 1 aromatic heterocycles. The third kappa shape index (κ3) is 2.67. The largest absolute Gasteiger partial charge is 0.327 e. The van der Waals surface area contributed by atoms with Gasteiger partial charge in [0.25, 0.3) is 0 Å². The lowest BCUT2D eigenvalue weighted by molar-refractivity contribution is 0.597. The van der Waals surface area contributed by atoms with Crippen LogP contribution in [0.2, 0.25) is 0 Å². The summed E-state index contributed by atoms with van der Waals surface area (Å²) in [4.78, 5) is 4.68. The average molecular weight is 231 g/mol. The number of imidazole rings is 1. The van der Waals surface area contributed by atoms with Crippen LogP contribution in [0.3, 0.4) is 0 Å². The maximum Gasteiger partial charge on any atom is 0.123 e. The van der Waals surface area contributed by atoms with Crippen molar-refractivity contribution < 1.29 is 0 Å². The minimum absolute atomic E-state index is 0.864. The van der Waals surface area contributed by atoms with E-state index in [-0.39, 0.29) is 0 Å². The number of hydrogen-bond donors (Lipinski definition) is 1. The molecule has 0 fully saturated rings. The van der Waals surface area contributed by atoms with Gasteiger partial charge < -0.3 is 9.88 Å². The van der Waals surface area contributed by atoms with E-state index in [1.165, 1.54) is 18.4 Å². The standard InChI is InChI=1S/C14H21N3/c1-3-5-10-15-11-14-16-12-8-6-7-9-13(12)17(14)4-2/h6-9,15H,3-5,10-11H2,1-2H3. The molecule has 0 aliphatic carbocycles. The van der Waals surface area contributed by atoms with E-state index in [2.05, 4.69) is 46.9 Å². The molecule has 0 radical (unpaired) electrons. The summed E-state index contributed by atoms with van der Waals surface area (Å²) in [7, 11) is 0. The van der Waals surface area contributed by atoms with E-state index in [1.54, 1.807) is 0 Å². The monoisotopic (exact) mass is 231 g/mol. The quantitative estimate of drug-likeness (QED) is 0.775. The van der Waals surface area contributed by atoms with Gasteiger partial charge in [0.15, 0.2) is 0 Å². The van der Waals surface area contributed by atoms with Gasteiger partial charge in [-0.3, -0.25) is 0 Å². The van der Waals surface area contributed by atoms with Gasteiger partial charge >= 0.3 is 0 Å². The normalized spacial score (nSPS) is 11.2. The Hall–Kier alpha value is -1.35. The molecule has 1 aromatic carbocycles. The van der Waals surface area contributed by atoms with E-state index < -0.39 is 0 Å². The highest BCUT2D eigenvalue weighted by Gasteiger charge is 2.07. The number of unbranched alkanes of at least 4 members (excludes halogenated alkanes) is 1. The van der Waals surface area contributed by atoms with Crippen molar-refractivity contribution in [2.75, 3.05) is 6.54 Å². The van der Waals surface area contributed by atoms with Crippen LogP contribution in [-0.4, -0.2) is 16.1 Å². The minimum Gasteiger partial charge on any atom is -0.327 e. The molecule has 0 saturated heterocycles. The van der Waals surface area contributed by atoms with Crippen molar-refractivity contribution in [2.45, 2.75) is 39.8 Å². The number of benzene rings is 1. The van der Waals surface area contributed by atoms with Crippen LogP contribution >= 0.6 is 0 Å². The number of aryl methyl sites for hydroxylation is 1. The summed E-state index contributed by atoms with van der Waals surface area (Å²) in [5.74, 6) is 1.14. The maximum absolute atomic E-state index is 4.68. The molecular formula is C14H21N3. The van der Waals surface area contributed by atoms with E-state index in [4.69, 9.17) is 0 Å². The third-order valence-electron chi connectivity index (χ3n) is 3.04. The zero-order valence-corrected chi connectivity index (χ0v) is 10.7. The number of para-hydroxylation sites is 2. The van der Waals surface area contributed by atoms with Gasteiger partial charge in [0.2, 0.25) is 0 Å². The predicted octanol–water partition coefficient (Wildman–Crippen LogP) is 2.95. The van der Waals surface area contributed by atoms with E-state index in [0.29, 0.717) is 0 Å². The van der Waals surface area contributed by atoms with Crippen molar-refractivity contribution >= 4 is 11.0 Å². The van der Waals surface area contributed by atoms with Crippen molar-refractivity contribution in [1.29, 1.82) is 0 Å². The highest BCUT2D eigenvalue weighted by molar-refractivity contribution is 5.75. The van der Waals surface area contributed by atoms with Gasteiger partial charge in [0.05, 0.1) is 17.6 Å². The molecule has 0 aliphatic heterocycles. The Bertz CT molecular complexity index is 473. The molecule has 3 heteroatoms. The van der Waals surface area contributed by atoms with Crippen LogP contribution in [0, 0.1) is 0 Å². The second-order valence-corrected chi connectivity index (χ2v) is 4.29. The van der Waals surface area contributed by atoms with Crippen LogP contribution in [0.4, 0.5) is 0 Å².